The van der Waals surface area contributed by atoms with E-state index >= 15 is 0 Å². The molecule has 0 bridgehead atoms. The molecule has 1 aliphatic rings. The number of nitrogens with zero attached hydrogens (tertiary/aromatic N) is 1. The summed E-state index contributed by atoms with van der Waals surface area (Å²) in [7, 11) is 0. The van der Waals surface area contributed by atoms with E-state index in [1.807, 2.05) is 65.6 Å². The number of rotatable bonds is 5. The summed E-state index contributed by atoms with van der Waals surface area (Å²) >= 11 is 0. The van der Waals surface area contributed by atoms with Crippen LogP contribution in [0.1, 0.15) is 31.7 Å². The number of carbonyl (C=O) groups excluding carboxylic acids is 1. The number of nitrogens with one attached hydrogen (secondary N) is 1. The lowest BCUT2D eigenvalue weighted by molar-refractivity contribution is -0.137. The van der Waals surface area contributed by atoms with Crippen molar-refractivity contribution in [3.05, 3.63) is 66.2 Å². The van der Waals surface area contributed by atoms with Crippen molar-refractivity contribution in [2.24, 2.45) is 0 Å². The third-order valence-corrected chi connectivity index (χ3v) is 4.81. The zero-order valence-corrected chi connectivity index (χ0v) is 14.7. The average Bonchev–Trinajstić information content (AvgIpc) is 2.63. The number of benzene rings is 2. The first kappa shape index (κ1) is 17.5. The van der Waals surface area contributed by atoms with Crippen molar-refractivity contribution in [2.75, 3.05) is 18.4 Å². The van der Waals surface area contributed by atoms with Crippen LogP contribution in [0.3, 0.4) is 0 Å². The number of piperidine rings is 1. The highest BCUT2D eigenvalue weighted by atomic mass is 16.3. The fraction of sp³-hybridized carbons (Fsp3) is 0.381. The molecule has 25 heavy (non-hydrogen) atoms. The first-order valence-corrected chi connectivity index (χ1v) is 8.92. The topological polar surface area (TPSA) is 52.6 Å². The van der Waals surface area contributed by atoms with Gasteiger partial charge in [-0.2, -0.15) is 0 Å². The number of para-hydroxylation sites is 1. The van der Waals surface area contributed by atoms with Gasteiger partial charge < -0.3 is 15.3 Å². The third-order valence-electron chi connectivity index (χ3n) is 4.81. The zero-order chi connectivity index (χ0) is 17.7. The van der Waals surface area contributed by atoms with Crippen LogP contribution in [0, 0.1) is 0 Å². The van der Waals surface area contributed by atoms with Crippen LogP contribution in [-0.4, -0.2) is 35.0 Å². The molecule has 1 fully saturated rings. The summed E-state index contributed by atoms with van der Waals surface area (Å²) in [6.07, 6.45) is 2.13. The SMILES string of the molecule is CC(O)(CC(=O)N1CCCC(Nc2ccccc2)C1)c1ccccc1. The molecular weight excluding hydrogens is 312 g/mol. The molecule has 1 amide bonds. The zero-order valence-electron chi connectivity index (χ0n) is 14.7. The molecule has 4 nitrogen and oxygen atoms in total. The summed E-state index contributed by atoms with van der Waals surface area (Å²) in [6.45, 7) is 3.15. The molecule has 0 spiro atoms. The van der Waals surface area contributed by atoms with Crippen LogP contribution in [0.15, 0.2) is 60.7 Å². The average molecular weight is 338 g/mol. The predicted molar refractivity (Wildman–Crippen MR) is 100 cm³/mol. The lowest BCUT2D eigenvalue weighted by atomic mass is 9.91. The molecular formula is C21H26N2O2. The second kappa shape index (κ2) is 7.70. The fourth-order valence-electron chi connectivity index (χ4n) is 3.40. The van der Waals surface area contributed by atoms with E-state index in [9.17, 15) is 9.90 Å². The van der Waals surface area contributed by atoms with Crippen molar-refractivity contribution in [1.29, 1.82) is 0 Å². The quantitative estimate of drug-likeness (QED) is 0.879. The summed E-state index contributed by atoms with van der Waals surface area (Å²) in [5, 5.41) is 14.2. The second-order valence-electron chi connectivity index (χ2n) is 7.01. The van der Waals surface area contributed by atoms with E-state index in [2.05, 4.69) is 5.32 Å². The van der Waals surface area contributed by atoms with Crippen molar-refractivity contribution in [3.63, 3.8) is 0 Å². The van der Waals surface area contributed by atoms with E-state index in [4.69, 9.17) is 0 Å². The van der Waals surface area contributed by atoms with Gasteiger partial charge in [-0.05, 0) is 37.5 Å². The van der Waals surface area contributed by atoms with E-state index in [0.717, 1.165) is 30.6 Å². The van der Waals surface area contributed by atoms with E-state index < -0.39 is 5.60 Å². The van der Waals surface area contributed by atoms with Crippen LogP contribution >= 0.6 is 0 Å². The van der Waals surface area contributed by atoms with Gasteiger partial charge in [0.25, 0.3) is 0 Å². The maximum Gasteiger partial charge on any atom is 0.225 e. The fourth-order valence-corrected chi connectivity index (χ4v) is 3.40. The molecule has 132 valence electrons. The number of hydrogen-bond acceptors (Lipinski definition) is 3. The predicted octanol–water partition coefficient (Wildman–Crippen LogP) is 3.39. The van der Waals surface area contributed by atoms with Crippen LogP contribution in [0.4, 0.5) is 5.69 Å². The number of likely N-dealkylation sites (tertiary alicyclic amines) is 1. The van der Waals surface area contributed by atoms with Gasteiger partial charge in [-0.1, -0.05) is 48.5 Å². The van der Waals surface area contributed by atoms with Crippen LogP contribution < -0.4 is 5.32 Å². The molecule has 3 rings (SSSR count). The Kier molecular flexibility index (Phi) is 5.39. The molecule has 1 saturated heterocycles. The van der Waals surface area contributed by atoms with Gasteiger partial charge in [-0.15, -0.1) is 0 Å². The number of aliphatic hydroxyl groups is 1. The Hall–Kier alpha value is -2.33. The Morgan fingerprint density at radius 3 is 2.48 bits per heavy atom. The minimum Gasteiger partial charge on any atom is -0.385 e. The van der Waals surface area contributed by atoms with Gasteiger partial charge >= 0.3 is 0 Å². The molecule has 1 aliphatic heterocycles. The van der Waals surface area contributed by atoms with Gasteiger partial charge in [-0.25, -0.2) is 0 Å². The van der Waals surface area contributed by atoms with Crippen molar-refractivity contribution in [2.45, 2.75) is 37.8 Å². The van der Waals surface area contributed by atoms with Crippen LogP contribution in [0.2, 0.25) is 0 Å². The lowest BCUT2D eigenvalue weighted by Gasteiger charge is -2.35. The first-order chi connectivity index (χ1) is 12.0. The molecule has 2 aromatic carbocycles. The lowest BCUT2D eigenvalue weighted by Crippen LogP contribution is -2.46. The highest BCUT2D eigenvalue weighted by molar-refractivity contribution is 5.77. The largest absolute Gasteiger partial charge is 0.385 e. The summed E-state index contributed by atoms with van der Waals surface area (Å²) in [6, 6.07) is 19.7. The van der Waals surface area contributed by atoms with Gasteiger partial charge in [-0.3, -0.25) is 4.79 Å². The van der Waals surface area contributed by atoms with E-state index in [1.54, 1.807) is 6.92 Å². The molecule has 2 unspecified atom stereocenters. The molecule has 0 aliphatic carbocycles. The number of hydrogen-bond donors (Lipinski definition) is 2. The Balaban J connectivity index is 1.60. The molecule has 0 saturated carbocycles. The standard InChI is InChI=1S/C21H26N2O2/c1-21(25,17-9-4-2-5-10-17)15-20(24)23-14-8-13-19(16-23)22-18-11-6-3-7-12-18/h2-7,9-12,19,22,25H,8,13-16H2,1H3. The molecule has 2 aromatic rings. The maximum absolute atomic E-state index is 12.7. The van der Waals surface area contributed by atoms with Crippen molar-refractivity contribution < 1.29 is 9.90 Å². The molecule has 4 heteroatoms. The minimum absolute atomic E-state index is 0.00779. The van der Waals surface area contributed by atoms with Crippen molar-refractivity contribution in [1.82, 2.24) is 4.90 Å². The normalized spacial score (nSPS) is 19.9. The van der Waals surface area contributed by atoms with Crippen LogP contribution in [0.25, 0.3) is 0 Å². The van der Waals surface area contributed by atoms with Crippen molar-refractivity contribution >= 4 is 11.6 Å². The summed E-state index contributed by atoms with van der Waals surface area (Å²) in [4.78, 5) is 14.6. The number of carbonyl (C=O) groups is 1. The number of anilines is 1. The highest BCUT2D eigenvalue weighted by Crippen LogP contribution is 2.26. The third kappa shape index (κ3) is 4.60. The van der Waals surface area contributed by atoms with E-state index in [0.29, 0.717) is 6.54 Å². The Bertz CT molecular complexity index is 686. The molecule has 0 radical (unpaired) electrons. The second-order valence-corrected chi connectivity index (χ2v) is 7.01. The van der Waals surface area contributed by atoms with Crippen LogP contribution in [-0.2, 0) is 10.4 Å². The van der Waals surface area contributed by atoms with E-state index in [1.165, 1.54) is 0 Å². The van der Waals surface area contributed by atoms with Gasteiger partial charge in [0.1, 0.15) is 0 Å². The van der Waals surface area contributed by atoms with Crippen LogP contribution in [0.5, 0.6) is 0 Å². The number of amides is 1. The molecule has 2 N–H and O–H groups in total. The minimum atomic E-state index is -1.14. The molecule has 0 aromatic heterocycles. The van der Waals surface area contributed by atoms with Crippen molar-refractivity contribution in [3.8, 4) is 0 Å². The Morgan fingerprint density at radius 1 is 1.16 bits per heavy atom. The van der Waals surface area contributed by atoms with Gasteiger partial charge in [0, 0.05) is 24.8 Å². The Morgan fingerprint density at radius 2 is 1.80 bits per heavy atom. The van der Waals surface area contributed by atoms with Gasteiger partial charge in [0.2, 0.25) is 5.91 Å². The summed E-state index contributed by atoms with van der Waals surface area (Å²) in [5.41, 5.74) is 0.718. The molecule has 2 atom stereocenters. The van der Waals surface area contributed by atoms with Gasteiger partial charge in [0.05, 0.1) is 12.0 Å². The summed E-state index contributed by atoms with van der Waals surface area (Å²) in [5.74, 6) is 0.00779. The van der Waals surface area contributed by atoms with Gasteiger partial charge in [0.15, 0.2) is 0 Å². The Labute approximate surface area is 149 Å². The highest BCUT2D eigenvalue weighted by Gasteiger charge is 2.31. The maximum atomic E-state index is 12.7. The summed E-state index contributed by atoms with van der Waals surface area (Å²) < 4.78 is 0. The monoisotopic (exact) mass is 338 g/mol. The first-order valence-electron chi connectivity index (χ1n) is 8.92. The van der Waals surface area contributed by atoms with E-state index in [-0.39, 0.29) is 18.4 Å². The smallest absolute Gasteiger partial charge is 0.225 e. The molecule has 1 heterocycles.